The van der Waals surface area contributed by atoms with Crippen molar-refractivity contribution in [3.8, 4) is 100 Å². The van der Waals surface area contributed by atoms with Crippen molar-refractivity contribution in [3.05, 3.63) is 534 Å². The average molecular weight is 1730 g/mol. The maximum atomic E-state index is 2.47. The fourth-order valence-electron chi connectivity index (χ4n) is 21.4. The monoisotopic (exact) mass is 1730 g/mol. The van der Waals surface area contributed by atoms with E-state index in [0.29, 0.717) is 0 Å². The smallest absolute Gasteiger partial charge is 0.0618 e. The van der Waals surface area contributed by atoms with Crippen LogP contribution < -0.4 is 9.80 Å². The first-order chi connectivity index (χ1) is 67.5. The second-order valence-electron chi connectivity index (χ2n) is 35.2. The van der Waals surface area contributed by atoms with Gasteiger partial charge in [0.2, 0.25) is 0 Å². The zero-order valence-corrected chi connectivity index (χ0v) is 74.6. The first-order valence-electron chi connectivity index (χ1n) is 46.8. The molecule has 26 rings (SSSR count). The van der Waals surface area contributed by atoms with Crippen LogP contribution in [0.2, 0.25) is 0 Å². The summed E-state index contributed by atoms with van der Waals surface area (Å²) in [6.07, 6.45) is 0. The van der Waals surface area contributed by atoms with E-state index in [-0.39, 0.29) is 0 Å². The highest BCUT2D eigenvalue weighted by atomic mass is 15.2. The van der Waals surface area contributed by atoms with Crippen LogP contribution in [0.5, 0.6) is 0 Å². The standard InChI is InChI=1S/C70H46N2.C62H42N2/c1-5-21-47(22-6-1)50-37-43-65-63(45-50)64-46-51(48-23-7-2-8-24-48)38-44-66(64)72(65)54-41-39-53(40-42-54)71(52-27-11-4-12-28-52)70-61-35-19-17-33-59(61)69(60-34-18-20-36-62(60)70)68-57-31-15-13-29-55(57)67(49-25-9-3-10-26-49)56-30-14-16-32-58(56)68;1-5-18-43(19-6-1)46-32-38-59-57(41-46)58-42-47(44-20-7-2-8-21-44)33-39-60(58)64(59)51-36-34-50(35-37-51)63(49-25-11-4-12-26-49)52-27-17-24-48(40-52)62-55-30-15-13-28-53(55)61(45-22-9-3-10-23-45)54-29-14-16-31-56(54)62/h1-46H;1-42H. The minimum Gasteiger partial charge on any atom is -0.310 e. The summed E-state index contributed by atoms with van der Waals surface area (Å²) in [7, 11) is 0. The molecule has 0 aliphatic rings. The number of anilines is 6. The highest BCUT2D eigenvalue weighted by Crippen LogP contribution is 2.54. The van der Waals surface area contributed by atoms with Gasteiger partial charge in [-0.3, -0.25) is 0 Å². The topological polar surface area (TPSA) is 16.3 Å². The zero-order chi connectivity index (χ0) is 89.9. The van der Waals surface area contributed by atoms with Crippen molar-refractivity contribution in [2.75, 3.05) is 9.80 Å². The molecular weight excluding hydrogens is 1640 g/mol. The molecule has 0 aliphatic heterocycles. The molecule has 0 saturated carbocycles. The summed E-state index contributed by atoms with van der Waals surface area (Å²) in [6.45, 7) is 0. The van der Waals surface area contributed by atoms with E-state index in [1.165, 1.54) is 197 Å². The van der Waals surface area contributed by atoms with Crippen molar-refractivity contribution in [1.82, 2.24) is 9.13 Å². The van der Waals surface area contributed by atoms with Gasteiger partial charge >= 0.3 is 0 Å². The summed E-state index contributed by atoms with van der Waals surface area (Å²) in [6, 6.07) is 195. The number of aromatic nitrogens is 2. The molecule has 2 heterocycles. The van der Waals surface area contributed by atoms with Crippen LogP contribution >= 0.6 is 0 Å². The summed E-state index contributed by atoms with van der Waals surface area (Å²) < 4.78 is 4.85. The molecule has 0 amide bonds. The molecule has 4 nitrogen and oxygen atoms in total. The summed E-state index contributed by atoms with van der Waals surface area (Å²) in [5, 5.41) is 19.7. The highest BCUT2D eigenvalue weighted by Gasteiger charge is 2.28. The predicted octanol–water partition coefficient (Wildman–Crippen LogP) is 36.8. The molecule has 0 fully saturated rings. The highest BCUT2D eigenvalue weighted by molar-refractivity contribution is 6.31. The Labute approximate surface area is 789 Å². The third-order valence-electron chi connectivity index (χ3n) is 27.5. The van der Waals surface area contributed by atoms with Gasteiger partial charge in [-0.05, 0) is 276 Å². The third-order valence-corrected chi connectivity index (χ3v) is 27.5. The Bertz CT molecular complexity index is 8670. The molecule has 636 valence electrons. The van der Waals surface area contributed by atoms with E-state index in [1.807, 2.05) is 0 Å². The second kappa shape index (κ2) is 34.4. The van der Waals surface area contributed by atoms with Gasteiger partial charge in [0.15, 0.2) is 0 Å². The number of nitrogens with zero attached hydrogens (tertiary/aromatic N) is 4. The van der Waals surface area contributed by atoms with Crippen LogP contribution in [0.4, 0.5) is 34.1 Å². The van der Waals surface area contributed by atoms with Gasteiger partial charge in [-0.15, -0.1) is 0 Å². The van der Waals surface area contributed by atoms with Crippen LogP contribution in [0.25, 0.3) is 209 Å². The Kier molecular flexibility index (Phi) is 20.3. The molecule has 0 atom stereocenters. The van der Waals surface area contributed by atoms with Gasteiger partial charge in [-0.1, -0.05) is 400 Å². The van der Waals surface area contributed by atoms with Crippen LogP contribution in [0, 0.1) is 0 Å². The molecule has 26 aromatic rings. The van der Waals surface area contributed by atoms with Crippen molar-refractivity contribution in [2.24, 2.45) is 0 Å². The molecule has 24 aromatic carbocycles. The maximum Gasteiger partial charge on any atom is 0.0618 e. The average Bonchev–Trinajstić information content (AvgIpc) is 0.969. The number of rotatable bonds is 16. The van der Waals surface area contributed by atoms with Crippen molar-refractivity contribution < 1.29 is 0 Å². The van der Waals surface area contributed by atoms with Gasteiger partial charge in [-0.2, -0.15) is 0 Å². The number of para-hydroxylation sites is 2. The molecule has 0 bridgehead atoms. The summed E-state index contributed by atoms with van der Waals surface area (Å²) >= 11 is 0. The van der Waals surface area contributed by atoms with Crippen LogP contribution in [0.1, 0.15) is 0 Å². The van der Waals surface area contributed by atoms with Crippen molar-refractivity contribution in [2.45, 2.75) is 0 Å². The lowest BCUT2D eigenvalue weighted by molar-refractivity contribution is 1.17. The van der Waals surface area contributed by atoms with Gasteiger partial charge in [0.1, 0.15) is 0 Å². The molecule has 136 heavy (non-hydrogen) atoms. The van der Waals surface area contributed by atoms with Gasteiger partial charge < -0.3 is 18.9 Å². The normalized spacial score (nSPS) is 11.5. The van der Waals surface area contributed by atoms with Gasteiger partial charge in [0, 0.05) is 72.1 Å². The van der Waals surface area contributed by atoms with E-state index >= 15 is 0 Å². The van der Waals surface area contributed by atoms with Gasteiger partial charge in [0.05, 0.1) is 27.8 Å². The second-order valence-corrected chi connectivity index (χ2v) is 35.2. The maximum absolute atomic E-state index is 2.47. The van der Waals surface area contributed by atoms with E-state index in [0.717, 1.165) is 45.5 Å². The Hall–Kier alpha value is -18.0. The van der Waals surface area contributed by atoms with Crippen LogP contribution in [-0.2, 0) is 0 Å². The van der Waals surface area contributed by atoms with Crippen molar-refractivity contribution >= 4 is 142 Å². The van der Waals surface area contributed by atoms with E-state index in [9.17, 15) is 0 Å². The summed E-state index contributed by atoms with van der Waals surface area (Å²) in [5.74, 6) is 0. The third kappa shape index (κ3) is 14.1. The Morgan fingerprint density at radius 3 is 0.632 bits per heavy atom. The quantitative estimate of drug-likeness (QED) is 0.0897. The predicted molar refractivity (Wildman–Crippen MR) is 579 cm³/mol. The molecule has 2 aromatic heterocycles. The number of hydrogen-bond donors (Lipinski definition) is 0. The fourth-order valence-corrected chi connectivity index (χ4v) is 21.4. The summed E-state index contributed by atoms with van der Waals surface area (Å²) in [5.41, 5.74) is 33.1. The lowest BCUT2D eigenvalue weighted by atomic mass is 9.82. The van der Waals surface area contributed by atoms with Crippen LogP contribution in [0.3, 0.4) is 0 Å². The molecule has 0 spiro atoms. The minimum absolute atomic E-state index is 1.08. The SMILES string of the molecule is c1ccc(-c2ccc3c(c2)c2cc(-c4ccccc4)ccc2n3-c2ccc(N(c3ccccc3)c3c4ccccc4c(-c4c5ccccc5c(-c5ccccc5)c5ccccc45)c4ccccc34)cc2)cc1.c1ccc(-c2ccc3c(c2)c2cc(-c4ccccc4)ccc2n3-c2ccc(N(c3ccccc3)c3cccc(-c4c5ccccc5c(-c5ccccc5)c5ccccc45)c3)cc2)cc1. The lowest BCUT2D eigenvalue weighted by Crippen LogP contribution is -2.11. The van der Waals surface area contributed by atoms with Crippen LogP contribution in [-0.4, -0.2) is 9.13 Å². The first-order valence-corrected chi connectivity index (χ1v) is 46.8. The molecule has 0 N–H and O–H groups in total. The molecular formula is C132H88N4. The molecule has 0 radical (unpaired) electrons. The molecule has 0 saturated heterocycles. The van der Waals surface area contributed by atoms with E-state index < -0.39 is 0 Å². The van der Waals surface area contributed by atoms with Gasteiger partial charge in [-0.25, -0.2) is 0 Å². The number of fused-ring (bicyclic) bond motifs is 12. The minimum atomic E-state index is 1.08. The van der Waals surface area contributed by atoms with E-state index in [1.54, 1.807) is 0 Å². The lowest BCUT2D eigenvalue weighted by Gasteiger charge is -2.30. The number of benzene rings is 24. The largest absolute Gasteiger partial charge is 0.310 e. The Balaban J connectivity index is 0.000000146. The summed E-state index contributed by atoms with van der Waals surface area (Å²) in [4.78, 5) is 4.84. The van der Waals surface area contributed by atoms with E-state index in [4.69, 9.17) is 0 Å². The zero-order valence-electron chi connectivity index (χ0n) is 74.6. The number of hydrogen-bond acceptors (Lipinski definition) is 2. The molecule has 0 aliphatic carbocycles. The van der Waals surface area contributed by atoms with Gasteiger partial charge in [0.25, 0.3) is 0 Å². The molecule has 0 unspecified atom stereocenters. The fraction of sp³-hybridized carbons (Fsp3) is 0. The first kappa shape index (κ1) is 80.1. The Morgan fingerprint density at radius 1 is 0.118 bits per heavy atom. The Morgan fingerprint density at radius 2 is 0.331 bits per heavy atom. The van der Waals surface area contributed by atoms with E-state index in [2.05, 4.69) is 553 Å². The van der Waals surface area contributed by atoms with Crippen molar-refractivity contribution in [3.63, 3.8) is 0 Å². The van der Waals surface area contributed by atoms with Crippen LogP contribution in [0.15, 0.2) is 534 Å². The van der Waals surface area contributed by atoms with Crippen molar-refractivity contribution in [1.29, 1.82) is 0 Å². The molecule has 4 heteroatoms.